The molecular weight excluding hydrogens is 218 g/mol. The zero-order valence-corrected chi connectivity index (χ0v) is 10.6. The minimum atomic E-state index is 0.192. The van der Waals surface area contributed by atoms with Gasteiger partial charge in [0.05, 0.1) is 0 Å². The summed E-state index contributed by atoms with van der Waals surface area (Å²) >= 11 is 5.97. The van der Waals surface area contributed by atoms with Crippen LogP contribution in [0.2, 0.25) is 5.02 Å². The molecule has 0 heterocycles. The molecule has 2 rings (SSSR count). The smallest absolute Gasteiger partial charge is 0.0408 e. The maximum absolute atomic E-state index is 6.38. The number of hydrogen-bond acceptors (Lipinski definition) is 1. The third-order valence-electron chi connectivity index (χ3n) is 3.75. The Kier molecular flexibility index (Phi) is 3.88. The summed E-state index contributed by atoms with van der Waals surface area (Å²) < 4.78 is 0. The first-order valence-corrected chi connectivity index (χ1v) is 6.58. The number of nitrogens with two attached hydrogens (primary N) is 1. The quantitative estimate of drug-likeness (QED) is 0.819. The van der Waals surface area contributed by atoms with E-state index in [-0.39, 0.29) is 6.04 Å². The summed E-state index contributed by atoms with van der Waals surface area (Å²) in [5, 5.41) is 0.803. The molecule has 2 N–H and O–H groups in total. The van der Waals surface area contributed by atoms with Crippen LogP contribution in [0.25, 0.3) is 0 Å². The lowest BCUT2D eigenvalue weighted by atomic mass is 9.80. The van der Waals surface area contributed by atoms with Gasteiger partial charge >= 0.3 is 0 Å². The van der Waals surface area contributed by atoms with Crippen LogP contribution in [0, 0.1) is 12.8 Å². The molecule has 0 saturated heterocycles. The molecule has 1 aromatic carbocycles. The summed E-state index contributed by atoms with van der Waals surface area (Å²) in [6.07, 6.45) is 6.62. The minimum absolute atomic E-state index is 0.192. The number of rotatable bonds is 2. The first-order chi connectivity index (χ1) is 7.68. The SMILES string of the molecule is Cc1cc(Cl)ccc1[C@@H](N)C1CCCCC1. The van der Waals surface area contributed by atoms with Crippen molar-refractivity contribution in [3.8, 4) is 0 Å². The van der Waals surface area contributed by atoms with Crippen molar-refractivity contribution < 1.29 is 0 Å². The largest absolute Gasteiger partial charge is 0.324 e. The second-order valence-corrected chi connectivity index (χ2v) is 5.36. The van der Waals surface area contributed by atoms with Crippen molar-refractivity contribution in [2.75, 3.05) is 0 Å². The van der Waals surface area contributed by atoms with E-state index < -0.39 is 0 Å². The van der Waals surface area contributed by atoms with Crippen LogP contribution in [0.3, 0.4) is 0 Å². The van der Waals surface area contributed by atoms with Crippen LogP contribution in [0.15, 0.2) is 18.2 Å². The molecule has 0 aliphatic heterocycles. The molecule has 0 aromatic heterocycles. The van der Waals surface area contributed by atoms with E-state index in [4.69, 9.17) is 17.3 Å². The molecule has 2 heteroatoms. The summed E-state index contributed by atoms with van der Waals surface area (Å²) in [6, 6.07) is 6.25. The Morgan fingerprint density at radius 1 is 1.25 bits per heavy atom. The van der Waals surface area contributed by atoms with E-state index in [9.17, 15) is 0 Å². The molecule has 1 aliphatic rings. The van der Waals surface area contributed by atoms with Crippen molar-refractivity contribution in [3.05, 3.63) is 34.3 Å². The van der Waals surface area contributed by atoms with Gasteiger partial charge in [0.25, 0.3) is 0 Å². The summed E-state index contributed by atoms with van der Waals surface area (Å²) in [7, 11) is 0. The van der Waals surface area contributed by atoms with E-state index in [1.807, 2.05) is 12.1 Å². The molecule has 0 radical (unpaired) electrons. The first-order valence-electron chi connectivity index (χ1n) is 6.20. The second-order valence-electron chi connectivity index (χ2n) is 4.92. The third kappa shape index (κ3) is 2.58. The van der Waals surface area contributed by atoms with Crippen molar-refractivity contribution in [1.29, 1.82) is 0 Å². The summed E-state index contributed by atoms with van der Waals surface area (Å²) in [6.45, 7) is 2.10. The van der Waals surface area contributed by atoms with E-state index in [2.05, 4.69) is 13.0 Å². The van der Waals surface area contributed by atoms with Crippen LogP contribution < -0.4 is 5.73 Å². The highest BCUT2D eigenvalue weighted by atomic mass is 35.5. The van der Waals surface area contributed by atoms with E-state index >= 15 is 0 Å². The Hall–Kier alpha value is -0.530. The van der Waals surface area contributed by atoms with Gasteiger partial charge in [0.1, 0.15) is 0 Å². The van der Waals surface area contributed by atoms with Gasteiger partial charge in [0.2, 0.25) is 0 Å². The van der Waals surface area contributed by atoms with Gasteiger partial charge in [0.15, 0.2) is 0 Å². The molecule has 1 fully saturated rings. The topological polar surface area (TPSA) is 26.0 Å². The fourth-order valence-electron chi connectivity index (χ4n) is 2.76. The first kappa shape index (κ1) is 11.9. The van der Waals surface area contributed by atoms with Crippen molar-refractivity contribution >= 4 is 11.6 Å². The van der Waals surface area contributed by atoms with Gasteiger partial charge in [-0.25, -0.2) is 0 Å². The standard InChI is InChI=1S/C14H20ClN/c1-10-9-12(15)7-8-13(10)14(16)11-5-3-2-4-6-11/h7-9,11,14H,2-6,16H2,1H3/t14-/m0/s1. The highest BCUT2D eigenvalue weighted by Gasteiger charge is 2.22. The Morgan fingerprint density at radius 2 is 1.94 bits per heavy atom. The molecule has 0 bridgehead atoms. The van der Waals surface area contributed by atoms with Gasteiger partial charge in [-0.3, -0.25) is 0 Å². The number of aryl methyl sites for hydroxylation is 1. The molecule has 0 unspecified atom stereocenters. The van der Waals surface area contributed by atoms with Crippen molar-refractivity contribution in [1.82, 2.24) is 0 Å². The van der Waals surface area contributed by atoms with Crippen LogP contribution in [-0.4, -0.2) is 0 Å². The fourth-order valence-corrected chi connectivity index (χ4v) is 2.99. The zero-order chi connectivity index (χ0) is 11.5. The Morgan fingerprint density at radius 3 is 2.56 bits per heavy atom. The predicted octanol–water partition coefficient (Wildman–Crippen LogP) is 4.23. The lowest BCUT2D eigenvalue weighted by Crippen LogP contribution is -2.24. The lowest BCUT2D eigenvalue weighted by Gasteiger charge is -2.28. The summed E-state index contributed by atoms with van der Waals surface area (Å²) in [4.78, 5) is 0. The van der Waals surface area contributed by atoms with E-state index in [1.165, 1.54) is 43.2 Å². The van der Waals surface area contributed by atoms with Gasteiger partial charge in [-0.15, -0.1) is 0 Å². The van der Waals surface area contributed by atoms with E-state index in [0.29, 0.717) is 5.92 Å². The van der Waals surface area contributed by atoms with Gasteiger partial charge in [-0.2, -0.15) is 0 Å². The maximum atomic E-state index is 6.38. The molecule has 88 valence electrons. The highest BCUT2D eigenvalue weighted by molar-refractivity contribution is 6.30. The number of halogens is 1. The molecule has 1 nitrogen and oxygen atoms in total. The molecular formula is C14H20ClN. The van der Waals surface area contributed by atoms with Crippen molar-refractivity contribution in [2.45, 2.75) is 45.1 Å². The minimum Gasteiger partial charge on any atom is -0.324 e. The van der Waals surface area contributed by atoms with Crippen LogP contribution in [0.4, 0.5) is 0 Å². The van der Waals surface area contributed by atoms with Gasteiger partial charge in [-0.1, -0.05) is 36.9 Å². The van der Waals surface area contributed by atoms with Gasteiger partial charge in [-0.05, 0) is 48.9 Å². The van der Waals surface area contributed by atoms with E-state index in [0.717, 1.165) is 5.02 Å². The Balaban J connectivity index is 2.15. The van der Waals surface area contributed by atoms with Crippen LogP contribution in [0.5, 0.6) is 0 Å². The van der Waals surface area contributed by atoms with Crippen LogP contribution in [-0.2, 0) is 0 Å². The maximum Gasteiger partial charge on any atom is 0.0408 e. The number of hydrogen-bond donors (Lipinski definition) is 1. The average molecular weight is 238 g/mol. The number of benzene rings is 1. The van der Waals surface area contributed by atoms with Crippen LogP contribution in [0.1, 0.15) is 49.3 Å². The monoisotopic (exact) mass is 237 g/mol. The van der Waals surface area contributed by atoms with Crippen molar-refractivity contribution in [2.24, 2.45) is 11.7 Å². The molecule has 1 atom stereocenters. The van der Waals surface area contributed by atoms with Gasteiger partial charge < -0.3 is 5.73 Å². The Labute approximate surface area is 103 Å². The average Bonchev–Trinajstić information content (AvgIpc) is 2.29. The molecule has 1 aliphatic carbocycles. The summed E-state index contributed by atoms with van der Waals surface area (Å²) in [5.41, 5.74) is 8.88. The van der Waals surface area contributed by atoms with Gasteiger partial charge in [0, 0.05) is 11.1 Å². The zero-order valence-electron chi connectivity index (χ0n) is 9.88. The predicted molar refractivity (Wildman–Crippen MR) is 69.7 cm³/mol. The molecule has 0 amide bonds. The Bertz CT molecular complexity index is 356. The van der Waals surface area contributed by atoms with Crippen molar-refractivity contribution in [3.63, 3.8) is 0 Å². The summed E-state index contributed by atoms with van der Waals surface area (Å²) in [5.74, 6) is 0.661. The third-order valence-corrected chi connectivity index (χ3v) is 3.98. The fraction of sp³-hybridized carbons (Fsp3) is 0.571. The normalized spacial score (nSPS) is 19.7. The molecule has 1 aromatic rings. The lowest BCUT2D eigenvalue weighted by molar-refractivity contribution is 0.307. The van der Waals surface area contributed by atoms with Crippen LogP contribution >= 0.6 is 11.6 Å². The molecule has 16 heavy (non-hydrogen) atoms. The molecule has 1 saturated carbocycles. The molecule has 0 spiro atoms. The highest BCUT2D eigenvalue weighted by Crippen LogP contribution is 2.34. The second kappa shape index (κ2) is 5.20. The van der Waals surface area contributed by atoms with E-state index in [1.54, 1.807) is 0 Å².